The van der Waals surface area contributed by atoms with Crippen LogP contribution >= 0.6 is 11.6 Å². The van der Waals surface area contributed by atoms with Crippen LogP contribution in [0.15, 0.2) is 59.5 Å². The quantitative estimate of drug-likeness (QED) is 0.485. The van der Waals surface area contributed by atoms with Gasteiger partial charge >= 0.3 is 0 Å². The summed E-state index contributed by atoms with van der Waals surface area (Å²) in [5, 5.41) is 15.1. The lowest BCUT2D eigenvalue weighted by atomic mass is 10.2. The molecule has 4 aromatic rings. The number of anilines is 2. The van der Waals surface area contributed by atoms with Crippen LogP contribution < -0.4 is 16.2 Å². The average Bonchev–Trinajstić information content (AvgIpc) is 3.17. The summed E-state index contributed by atoms with van der Waals surface area (Å²) in [6, 6.07) is 13.7. The van der Waals surface area contributed by atoms with E-state index in [0.717, 1.165) is 4.68 Å². The van der Waals surface area contributed by atoms with Crippen LogP contribution in [0.5, 0.6) is 0 Å². The Morgan fingerprint density at radius 2 is 1.78 bits per heavy atom. The normalized spacial score (nSPS) is 10.8. The molecule has 162 valence electrons. The number of hydrogen-bond acceptors (Lipinski definition) is 5. The minimum atomic E-state index is -0.453. The molecule has 9 nitrogen and oxygen atoms in total. The van der Waals surface area contributed by atoms with Gasteiger partial charge in [0.05, 0.1) is 17.6 Å². The van der Waals surface area contributed by atoms with Crippen molar-refractivity contribution in [2.24, 2.45) is 0 Å². The van der Waals surface area contributed by atoms with E-state index in [1.807, 2.05) is 0 Å². The fraction of sp³-hybridized carbons (Fsp3) is 0.136. The van der Waals surface area contributed by atoms with Gasteiger partial charge in [-0.05, 0) is 43.3 Å². The van der Waals surface area contributed by atoms with Gasteiger partial charge < -0.3 is 10.6 Å². The number of nitrogens with zero attached hydrogens (tertiary/aromatic N) is 4. The molecular weight excluding hydrogens is 432 g/mol. The molecule has 0 aliphatic carbocycles. The van der Waals surface area contributed by atoms with Gasteiger partial charge in [-0.3, -0.25) is 14.4 Å². The van der Waals surface area contributed by atoms with Gasteiger partial charge in [0.1, 0.15) is 12.1 Å². The van der Waals surface area contributed by atoms with Gasteiger partial charge in [-0.15, -0.1) is 0 Å². The second-order valence-electron chi connectivity index (χ2n) is 7.16. The van der Waals surface area contributed by atoms with E-state index in [9.17, 15) is 14.4 Å². The first-order valence-electron chi connectivity index (χ1n) is 9.71. The second-order valence-corrected chi connectivity index (χ2v) is 7.59. The molecule has 2 N–H and O–H groups in total. The molecule has 2 aromatic heterocycles. The van der Waals surface area contributed by atoms with Crippen LogP contribution in [0.1, 0.15) is 12.6 Å². The Morgan fingerprint density at radius 1 is 1.06 bits per heavy atom. The van der Waals surface area contributed by atoms with Crippen molar-refractivity contribution >= 4 is 45.7 Å². The number of halogens is 1. The molecule has 0 aliphatic heterocycles. The number of benzene rings is 2. The number of rotatable bonds is 5. The van der Waals surface area contributed by atoms with Gasteiger partial charge in [0, 0.05) is 28.7 Å². The minimum absolute atomic E-state index is 0.218. The van der Waals surface area contributed by atoms with Crippen LogP contribution in [-0.2, 0) is 16.1 Å². The fourth-order valence-electron chi connectivity index (χ4n) is 3.35. The first-order chi connectivity index (χ1) is 15.3. The topological polar surface area (TPSA) is 111 Å². The maximum absolute atomic E-state index is 13.2. The SMILES string of the molecule is CC(=O)Nc1cccc(NC(=O)Cn2nc(C)c3cnn(-c4cccc(Cl)c4)c3c2=O)c1. The van der Waals surface area contributed by atoms with Gasteiger partial charge in [-0.2, -0.15) is 10.2 Å². The summed E-state index contributed by atoms with van der Waals surface area (Å²) in [5.74, 6) is -0.656. The Hall–Kier alpha value is -3.98. The lowest BCUT2D eigenvalue weighted by molar-refractivity contribution is -0.117. The monoisotopic (exact) mass is 450 g/mol. The van der Waals surface area contributed by atoms with Crippen molar-refractivity contribution in [2.75, 3.05) is 10.6 Å². The van der Waals surface area contributed by atoms with Gasteiger partial charge in [0.15, 0.2) is 0 Å². The van der Waals surface area contributed by atoms with Gasteiger partial charge in [0.25, 0.3) is 5.56 Å². The summed E-state index contributed by atoms with van der Waals surface area (Å²) in [6.45, 7) is 2.85. The highest BCUT2D eigenvalue weighted by molar-refractivity contribution is 6.30. The molecule has 10 heteroatoms. The summed E-state index contributed by atoms with van der Waals surface area (Å²) in [7, 11) is 0. The molecule has 0 bridgehead atoms. The highest BCUT2D eigenvalue weighted by Gasteiger charge is 2.17. The smallest absolute Gasteiger partial charge is 0.293 e. The van der Waals surface area contributed by atoms with Gasteiger partial charge in [-0.1, -0.05) is 23.7 Å². The predicted molar refractivity (Wildman–Crippen MR) is 122 cm³/mol. The predicted octanol–water partition coefficient (Wildman–Crippen LogP) is 3.14. The number of aryl methyl sites for hydroxylation is 1. The van der Waals surface area contributed by atoms with E-state index in [4.69, 9.17) is 11.6 Å². The Labute approximate surface area is 187 Å². The fourth-order valence-corrected chi connectivity index (χ4v) is 3.53. The molecule has 4 rings (SSSR count). The molecule has 2 heterocycles. The van der Waals surface area contributed by atoms with Crippen molar-refractivity contribution in [3.05, 3.63) is 75.8 Å². The Balaban J connectivity index is 1.64. The van der Waals surface area contributed by atoms with E-state index >= 15 is 0 Å². The highest BCUT2D eigenvalue weighted by Crippen LogP contribution is 2.20. The summed E-state index contributed by atoms with van der Waals surface area (Å²) in [6.07, 6.45) is 1.57. The molecule has 2 aromatic carbocycles. The van der Waals surface area contributed by atoms with E-state index in [1.165, 1.54) is 11.6 Å². The zero-order chi connectivity index (χ0) is 22.8. The van der Waals surface area contributed by atoms with Crippen LogP contribution in [0.3, 0.4) is 0 Å². The van der Waals surface area contributed by atoms with Crippen molar-refractivity contribution < 1.29 is 9.59 Å². The molecule has 2 amide bonds. The summed E-state index contributed by atoms with van der Waals surface area (Å²) < 4.78 is 2.59. The third kappa shape index (κ3) is 4.37. The molecule has 0 aliphatic rings. The molecular formula is C22H19ClN6O3. The van der Waals surface area contributed by atoms with Crippen molar-refractivity contribution in [3.63, 3.8) is 0 Å². The molecule has 0 radical (unpaired) electrons. The first kappa shape index (κ1) is 21.3. The number of hydrogen-bond donors (Lipinski definition) is 2. The number of fused-ring (bicyclic) bond motifs is 1. The molecule has 0 saturated heterocycles. The van der Waals surface area contributed by atoms with Crippen molar-refractivity contribution in [1.82, 2.24) is 19.6 Å². The van der Waals surface area contributed by atoms with E-state index in [0.29, 0.717) is 38.7 Å². The standard InChI is InChI=1S/C22H19ClN6O3/c1-13-19-11-24-29(18-8-3-5-15(23)9-18)21(19)22(32)28(27-13)12-20(31)26-17-7-4-6-16(10-17)25-14(2)30/h3-11H,12H2,1-2H3,(H,25,30)(H,26,31). The molecule has 0 atom stereocenters. The lowest BCUT2D eigenvalue weighted by Crippen LogP contribution is -2.31. The Bertz CT molecular complexity index is 1410. The summed E-state index contributed by atoms with van der Waals surface area (Å²) in [5.41, 5.74) is 2.07. The Kier molecular flexibility index (Phi) is 5.74. The number of carbonyl (C=O) groups is 2. The van der Waals surface area contributed by atoms with E-state index in [-0.39, 0.29) is 12.5 Å². The van der Waals surface area contributed by atoms with E-state index in [1.54, 1.807) is 61.7 Å². The van der Waals surface area contributed by atoms with Crippen LogP contribution in [0.25, 0.3) is 16.6 Å². The third-order valence-corrected chi connectivity index (χ3v) is 4.91. The second kappa shape index (κ2) is 8.64. The number of amides is 2. The average molecular weight is 451 g/mol. The molecule has 0 saturated carbocycles. The summed E-state index contributed by atoms with van der Waals surface area (Å²) in [4.78, 5) is 37.0. The van der Waals surface area contributed by atoms with Crippen molar-refractivity contribution in [2.45, 2.75) is 20.4 Å². The number of nitrogens with one attached hydrogen (secondary N) is 2. The van der Waals surface area contributed by atoms with E-state index in [2.05, 4.69) is 20.8 Å². The molecule has 0 spiro atoms. The van der Waals surface area contributed by atoms with Crippen LogP contribution in [-0.4, -0.2) is 31.4 Å². The van der Waals surface area contributed by atoms with Gasteiger partial charge in [0.2, 0.25) is 11.8 Å². The maximum Gasteiger partial charge on any atom is 0.293 e. The number of carbonyl (C=O) groups excluding carboxylic acids is 2. The Morgan fingerprint density at radius 3 is 2.50 bits per heavy atom. The van der Waals surface area contributed by atoms with Crippen molar-refractivity contribution in [3.8, 4) is 5.69 Å². The summed E-state index contributed by atoms with van der Waals surface area (Å²) >= 11 is 6.09. The first-order valence-corrected chi connectivity index (χ1v) is 10.1. The maximum atomic E-state index is 13.2. The van der Waals surface area contributed by atoms with Gasteiger partial charge in [-0.25, -0.2) is 9.36 Å². The zero-order valence-electron chi connectivity index (χ0n) is 17.3. The van der Waals surface area contributed by atoms with Crippen LogP contribution in [0, 0.1) is 6.92 Å². The van der Waals surface area contributed by atoms with Crippen LogP contribution in [0.2, 0.25) is 5.02 Å². The minimum Gasteiger partial charge on any atom is -0.326 e. The van der Waals surface area contributed by atoms with E-state index < -0.39 is 11.5 Å². The zero-order valence-corrected chi connectivity index (χ0v) is 18.1. The lowest BCUT2D eigenvalue weighted by Gasteiger charge is -2.10. The van der Waals surface area contributed by atoms with Crippen LogP contribution in [0.4, 0.5) is 11.4 Å². The molecule has 0 fully saturated rings. The number of aromatic nitrogens is 4. The van der Waals surface area contributed by atoms with Crippen molar-refractivity contribution in [1.29, 1.82) is 0 Å². The third-order valence-electron chi connectivity index (χ3n) is 4.68. The molecule has 32 heavy (non-hydrogen) atoms. The highest BCUT2D eigenvalue weighted by atomic mass is 35.5. The molecule has 0 unspecified atom stereocenters. The largest absolute Gasteiger partial charge is 0.326 e.